The summed E-state index contributed by atoms with van der Waals surface area (Å²) in [6, 6.07) is 8.41. The number of nitrogens with one attached hydrogen (secondary N) is 2. The second-order valence-corrected chi connectivity index (χ2v) is 5.48. The van der Waals surface area contributed by atoms with Gasteiger partial charge in [-0.15, -0.1) is 11.3 Å². The molecule has 0 unspecified atom stereocenters. The lowest BCUT2D eigenvalue weighted by atomic mass is 10.1. The number of fused-ring (bicyclic) bond motifs is 1. The third-order valence-electron chi connectivity index (χ3n) is 3.11. The molecule has 3 nitrogen and oxygen atoms in total. The molecule has 1 aromatic heterocycles. The van der Waals surface area contributed by atoms with Crippen LogP contribution in [0.25, 0.3) is 10.1 Å². The number of hydrogen-bond donors (Lipinski definition) is 2. The standard InChI is InChI=1S/C15H20N2OS/c1-16-9-4-7-15(18)17-10-8-12-11-19-14-6-3-2-5-13(12)14/h2-3,5-6,11,16H,4,7-10H2,1H3,(H,17,18). The maximum atomic E-state index is 11.6. The van der Waals surface area contributed by atoms with Gasteiger partial charge in [-0.2, -0.15) is 0 Å². The van der Waals surface area contributed by atoms with Gasteiger partial charge in [-0.05, 0) is 48.8 Å². The molecule has 2 N–H and O–H groups in total. The van der Waals surface area contributed by atoms with Crippen molar-refractivity contribution < 1.29 is 4.79 Å². The van der Waals surface area contributed by atoms with E-state index in [9.17, 15) is 4.79 Å². The normalized spacial score (nSPS) is 10.8. The van der Waals surface area contributed by atoms with Gasteiger partial charge in [0.05, 0.1) is 0 Å². The Morgan fingerprint density at radius 1 is 1.26 bits per heavy atom. The number of amides is 1. The third-order valence-corrected chi connectivity index (χ3v) is 4.12. The molecule has 1 aromatic carbocycles. The second kappa shape index (κ2) is 7.26. The minimum atomic E-state index is 0.148. The molecule has 4 heteroatoms. The van der Waals surface area contributed by atoms with E-state index in [2.05, 4.69) is 40.3 Å². The van der Waals surface area contributed by atoms with Crippen molar-refractivity contribution in [2.24, 2.45) is 0 Å². The fraction of sp³-hybridized carbons (Fsp3) is 0.400. The molecule has 0 bridgehead atoms. The minimum Gasteiger partial charge on any atom is -0.356 e. The molecule has 0 atom stereocenters. The molecule has 2 aromatic rings. The van der Waals surface area contributed by atoms with Crippen LogP contribution >= 0.6 is 11.3 Å². The van der Waals surface area contributed by atoms with Crippen LogP contribution in [0, 0.1) is 0 Å². The molecule has 2 rings (SSSR count). The summed E-state index contributed by atoms with van der Waals surface area (Å²) in [6.07, 6.45) is 2.40. The summed E-state index contributed by atoms with van der Waals surface area (Å²) in [7, 11) is 1.90. The molecule has 1 amide bonds. The predicted octanol–water partition coefficient (Wildman–Crippen LogP) is 2.56. The van der Waals surface area contributed by atoms with Gasteiger partial charge >= 0.3 is 0 Å². The average Bonchev–Trinajstić information content (AvgIpc) is 2.83. The molecule has 0 aliphatic rings. The highest BCUT2D eigenvalue weighted by Gasteiger charge is 2.04. The largest absolute Gasteiger partial charge is 0.356 e. The molecule has 0 aliphatic heterocycles. The Bertz CT molecular complexity index is 536. The molecule has 0 aliphatic carbocycles. The number of carbonyl (C=O) groups is 1. The first-order chi connectivity index (χ1) is 9.31. The van der Waals surface area contributed by atoms with E-state index in [4.69, 9.17) is 0 Å². The lowest BCUT2D eigenvalue weighted by Crippen LogP contribution is -2.26. The summed E-state index contributed by atoms with van der Waals surface area (Å²) in [6.45, 7) is 1.61. The van der Waals surface area contributed by atoms with E-state index in [1.165, 1.54) is 15.6 Å². The van der Waals surface area contributed by atoms with E-state index in [-0.39, 0.29) is 5.91 Å². The molecule has 1 heterocycles. The van der Waals surface area contributed by atoms with Crippen molar-refractivity contribution in [2.75, 3.05) is 20.1 Å². The van der Waals surface area contributed by atoms with Crippen LogP contribution in [0.3, 0.4) is 0 Å². The van der Waals surface area contributed by atoms with Crippen molar-refractivity contribution in [3.63, 3.8) is 0 Å². The summed E-state index contributed by atoms with van der Waals surface area (Å²) in [5.74, 6) is 0.148. The SMILES string of the molecule is CNCCCC(=O)NCCc1csc2ccccc12. The Morgan fingerprint density at radius 3 is 2.95 bits per heavy atom. The summed E-state index contributed by atoms with van der Waals surface area (Å²) in [5, 5.41) is 9.53. The topological polar surface area (TPSA) is 41.1 Å². The van der Waals surface area contributed by atoms with Crippen LogP contribution < -0.4 is 10.6 Å². The van der Waals surface area contributed by atoms with Crippen molar-refractivity contribution in [2.45, 2.75) is 19.3 Å². The second-order valence-electron chi connectivity index (χ2n) is 4.56. The van der Waals surface area contributed by atoms with Crippen molar-refractivity contribution in [3.05, 3.63) is 35.2 Å². The first kappa shape index (κ1) is 14.0. The summed E-state index contributed by atoms with van der Waals surface area (Å²) >= 11 is 1.77. The number of thiophene rings is 1. The molecular weight excluding hydrogens is 256 g/mol. The fourth-order valence-electron chi connectivity index (χ4n) is 2.08. The monoisotopic (exact) mass is 276 g/mol. The van der Waals surface area contributed by atoms with E-state index >= 15 is 0 Å². The van der Waals surface area contributed by atoms with Gasteiger partial charge < -0.3 is 10.6 Å². The van der Waals surface area contributed by atoms with Gasteiger partial charge in [0.2, 0.25) is 5.91 Å². The summed E-state index contributed by atoms with van der Waals surface area (Å²) < 4.78 is 1.32. The molecule has 19 heavy (non-hydrogen) atoms. The van der Waals surface area contributed by atoms with Gasteiger partial charge in [0.25, 0.3) is 0 Å². The number of carbonyl (C=O) groups excluding carboxylic acids is 1. The zero-order valence-corrected chi connectivity index (χ0v) is 12.1. The Kier molecular flexibility index (Phi) is 5.36. The van der Waals surface area contributed by atoms with Gasteiger partial charge in [0, 0.05) is 17.7 Å². The maximum Gasteiger partial charge on any atom is 0.220 e. The molecule has 0 fully saturated rings. The zero-order valence-electron chi connectivity index (χ0n) is 11.2. The van der Waals surface area contributed by atoms with Gasteiger partial charge in [-0.25, -0.2) is 0 Å². The molecule has 0 saturated heterocycles. The highest BCUT2D eigenvalue weighted by atomic mass is 32.1. The maximum absolute atomic E-state index is 11.6. The Morgan fingerprint density at radius 2 is 2.11 bits per heavy atom. The molecular formula is C15H20N2OS. The summed E-state index contributed by atoms with van der Waals surface area (Å²) in [5.41, 5.74) is 1.33. The molecule has 0 spiro atoms. The van der Waals surface area contributed by atoms with Crippen LogP contribution in [-0.4, -0.2) is 26.0 Å². The molecule has 0 radical (unpaired) electrons. The molecule has 0 saturated carbocycles. The van der Waals surface area contributed by atoms with E-state index in [1.54, 1.807) is 11.3 Å². The highest BCUT2D eigenvalue weighted by Crippen LogP contribution is 2.25. The Labute approximate surface area is 118 Å². The Hall–Kier alpha value is -1.39. The Balaban J connectivity index is 1.78. The average molecular weight is 276 g/mol. The van der Waals surface area contributed by atoms with E-state index < -0.39 is 0 Å². The van der Waals surface area contributed by atoms with Crippen molar-refractivity contribution in [1.82, 2.24) is 10.6 Å². The number of hydrogen-bond acceptors (Lipinski definition) is 3. The smallest absolute Gasteiger partial charge is 0.220 e. The lowest BCUT2D eigenvalue weighted by molar-refractivity contribution is -0.121. The van der Waals surface area contributed by atoms with Crippen molar-refractivity contribution in [1.29, 1.82) is 0 Å². The van der Waals surface area contributed by atoms with Crippen molar-refractivity contribution in [3.8, 4) is 0 Å². The van der Waals surface area contributed by atoms with E-state index in [0.29, 0.717) is 6.42 Å². The van der Waals surface area contributed by atoms with Gasteiger partial charge in [0.1, 0.15) is 0 Å². The van der Waals surface area contributed by atoms with Crippen LogP contribution in [-0.2, 0) is 11.2 Å². The fourth-order valence-corrected chi connectivity index (χ4v) is 3.07. The van der Waals surface area contributed by atoms with Crippen LogP contribution in [0.1, 0.15) is 18.4 Å². The van der Waals surface area contributed by atoms with Gasteiger partial charge in [0.15, 0.2) is 0 Å². The van der Waals surface area contributed by atoms with Crippen molar-refractivity contribution >= 4 is 27.3 Å². The van der Waals surface area contributed by atoms with Crippen LogP contribution in [0.15, 0.2) is 29.6 Å². The third kappa shape index (κ3) is 4.04. The number of rotatable bonds is 7. The molecule has 102 valence electrons. The first-order valence-corrected chi connectivity index (χ1v) is 7.55. The van der Waals surface area contributed by atoms with E-state index in [0.717, 1.165) is 25.9 Å². The summed E-state index contributed by atoms with van der Waals surface area (Å²) in [4.78, 5) is 11.6. The zero-order chi connectivity index (χ0) is 13.5. The quantitative estimate of drug-likeness (QED) is 0.763. The number of benzene rings is 1. The van der Waals surface area contributed by atoms with Gasteiger partial charge in [-0.1, -0.05) is 18.2 Å². The van der Waals surface area contributed by atoms with Crippen LogP contribution in [0.5, 0.6) is 0 Å². The van der Waals surface area contributed by atoms with Crippen LogP contribution in [0.4, 0.5) is 0 Å². The first-order valence-electron chi connectivity index (χ1n) is 6.67. The van der Waals surface area contributed by atoms with Gasteiger partial charge in [-0.3, -0.25) is 4.79 Å². The lowest BCUT2D eigenvalue weighted by Gasteiger charge is -2.04. The highest BCUT2D eigenvalue weighted by molar-refractivity contribution is 7.17. The minimum absolute atomic E-state index is 0.148. The van der Waals surface area contributed by atoms with Crippen LogP contribution in [0.2, 0.25) is 0 Å². The van der Waals surface area contributed by atoms with E-state index in [1.807, 2.05) is 7.05 Å². The predicted molar refractivity (Wildman–Crippen MR) is 81.7 cm³/mol.